The van der Waals surface area contributed by atoms with Crippen molar-refractivity contribution in [1.29, 1.82) is 0 Å². The number of aryl methyl sites for hydroxylation is 1. The summed E-state index contributed by atoms with van der Waals surface area (Å²) in [6.45, 7) is 3.19. The van der Waals surface area contributed by atoms with E-state index in [2.05, 4.69) is 9.50 Å². The van der Waals surface area contributed by atoms with Crippen LogP contribution in [0.4, 0.5) is 5.69 Å². The Balaban J connectivity index is 1.43. The van der Waals surface area contributed by atoms with Gasteiger partial charge < -0.3 is 30.3 Å². The number of sulfone groups is 1. The molecular weight excluding hydrogens is 749 g/mol. The molecule has 0 saturated carbocycles. The average molecular weight is 803 g/mol. The first kappa shape index (κ1) is 42.7. The summed E-state index contributed by atoms with van der Waals surface area (Å²) in [6, 6.07) is 21.7. The first-order chi connectivity index (χ1) is 26.0. The van der Waals surface area contributed by atoms with E-state index in [1.54, 1.807) is 30.3 Å². The largest absolute Gasteiger partial charge is 0.397 e. The maximum Gasteiger partial charge on any atom is 0.397 e. The molecule has 1 saturated heterocycles. The van der Waals surface area contributed by atoms with Gasteiger partial charge >= 0.3 is 10.4 Å². The molecular formula is C40H54N2O11S2. The molecule has 2 heterocycles. The SMILES string of the molecule is CCCC[C@]1(CC)CS(=O)(=O)c2ccc(N(C)C)cc2[C@@H](c2cccc(CC(=O)N[C@@H]3O[C@H](COS(=O)(=O)O)[C@@H](O)[C@H](CCc4ccccc4)[C@H]3O)c2)[C@H]1O. The molecule has 0 unspecified atom stereocenters. The topological polar surface area (TPSA) is 200 Å². The molecule has 5 rings (SSSR count). The van der Waals surface area contributed by atoms with E-state index in [4.69, 9.17) is 4.74 Å². The molecule has 0 bridgehead atoms. The Kier molecular flexibility index (Phi) is 13.8. The van der Waals surface area contributed by atoms with Crippen LogP contribution < -0.4 is 10.2 Å². The van der Waals surface area contributed by atoms with Crippen LogP contribution in [-0.2, 0) is 46.8 Å². The fourth-order valence-corrected chi connectivity index (χ4v) is 10.6. The summed E-state index contributed by atoms with van der Waals surface area (Å²) in [5.41, 5.74) is 2.48. The number of benzene rings is 3. The van der Waals surface area contributed by atoms with Crippen LogP contribution in [0.25, 0.3) is 0 Å². The molecule has 1 fully saturated rings. The predicted octanol–water partition coefficient (Wildman–Crippen LogP) is 3.79. The highest BCUT2D eigenvalue weighted by molar-refractivity contribution is 7.91. The summed E-state index contributed by atoms with van der Waals surface area (Å²) in [5, 5.41) is 37.5. The molecule has 13 nitrogen and oxygen atoms in total. The van der Waals surface area contributed by atoms with E-state index >= 15 is 0 Å². The van der Waals surface area contributed by atoms with E-state index in [1.165, 1.54) is 0 Å². The number of ether oxygens (including phenoxy) is 1. The number of hydrogen-bond acceptors (Lipinski definition) is 11. The average Bonchev–Trinajstić information content (AvgIpc) is 3.21. The number of fused-ring (bicyclic) bond motifs is 1. The van der Waals surface area contributed by atoms with Crippen molar-refractivity contribution < 1.29 is 50.4 Å². The number of aliphatic hydroxyl groups is 3. The van der Waals surface area contributed by atoms with Crippen LogP contribution >= 0.6 is 0 Å². The lowest BCUT2D eigenvalue weighted by Gasteiger charge is -2.43. The minimum Gasteiger partial charge on any atom is -0.392 e. The van der Waals surface area contributed by atoms with Crippen LogP contribution in [-0.4, -0.2) is 99.7 Å². The monoisotopic (exact) mass is 802 g/mol. The highest BCUT2D eigenvalue weighted by atomic mass is 32.3. The number of carbonyl (C=O) groups is 1. The van der Waals surface area contributed by atoms with Gasteiger partial charge in [-0.3, -0.25) is 9.35 Å². The molecule has 1 amide bonds. The van der Waals surface area contributed by atoms with E-state index < -0.39 is 80.6 Å². The van der Waals surface area contributed by atoms with Crippen molar-refractivity contribution in [3.05, 3.63) is 95.1 Å². The molecule has 0 radical (unpaired) electrons. The number of rotatable bonds is 15. The number of nitrogens with one attached hydrogen (secondary N) is 1. The Morgan fingerprint density at radius 2 is 1.69 bits per heavy atom. The molecule has 15 heteroatoms. The lowest BCUT2D eigenvalue weighted by molar-refractivity contribution is -0.216. The second-order valence-corrected chi connectivity index (χ2v) is 18.1. The number of unbranched alkanes of at least 4 members (excludes halogenated alkanes) is 1. The molecule has 2 aliphatic heterocycles. The zero-order chi connectivity index (χ0) is 40.1. The van der Waals surface area contributed by atoms with E-state index in [1.807, 2.05) is 75.3 Å². The van der Waals surface area contributed by atoms with Gasteiger partial charge in [0.1, 0.15) is 12.2 Å². The van der Waals surface area contributed by atoms with Crippen molar-refractivity contribution in [1.82, 2.24) is 5.32 Å². The maximum atomic E-state index is 14.1. The zero-order valence-corrected chi connectivity index (χ0v) is 33.4. The molecule has 2 aliphatic rings. The summed E-state index contributed by atoms with van der Waals surface area (Å²) in [4.78, 5) is 15.7. The third kappa shape index (κ3) is 10.1. The van der Waals surface area contributed by atoms with E-state index in [-0.39, 0.29) is 23.5 Å². The van der Waals surface area contributed by atoms with Crippen LogP contribution in [0.5, 0.6) is 0 Å². The van der Waals surface area contributed by atoms with Crippen molar-refractivity contribution >= 4 is 31.8 Å². The third-order valence-electron chi connectivity index (χ3n) is 11.2. The van der Waals surface area contributed by atoms with Crippen LogP contribution in [0.3, 0.4) is 0 Å². The standard InChI is InChI=1S/C40H54N2O11S2/c1-5-7-20-40(6-2)25-54(47,48)33-19-17-29(42(3)4)23-31(33)35(38(40)46)28-15-11-14-27(21-28)22-34(43)41-39-37(45)30(18-16-26-12-9-8-10-13-26)36(44)32(53-39)24-52-55(49,50)51/h8-15,17,19,21,23,30,32,35-39,44-46H,5-7,16,18,20,22,24-25H2,1-4H3,(H,41,43)(H,49,50,51)/t30-,32+,35+,36-,37+,38+,39+,40+/m0/s1. The van der Waals surface area contributed by atoms with Gasteiger partial charge in [-0.2, -0.15) is 8.42 Å². The first-order valence-electron chi connectivity index (χ1n) is 18.8. The van der Waals surface area contributed by atoms with E-state index in [0.29, 0.717) is 36.0 Å². The minimum atomic E-state index is -4.87. The van der Waals surface area contributed by atoms with Crippen molar-refractivity contribution in [3.63, 3.8) is 0 Å². The van der Waals surface area contributed by atoms with Gasteiger partial charge in [-0.05, 0) is 66.1 Å². The first-order valence-corrected chi connectivity index (χ1v) is 21.8. The van der Waals surface area contributed by atoms with E-state index in [9.17, 15) is 41.5 Å². The zero-order valence-electron chi connectivity index (χ0n) is 31.7. The highest BCUT2D eigenvalue weighted by Gasteiger charge is 2.49. The number of carbonyl (C=O) groups excluding carboxylic acids is 1. The summed E-state index contributed by atoms with van der Waals surface area (Å²) in [6.07, 6.45) is -3.42. The number of anilines is 1. The van der Waals surface area contributed by atoms with Gasteiger partial charge in [-0.15, -0.1) is 0 Å². The second-order valence-electron chi connectivity index (χ2n) is 15.1. The molecule has 5 N–H and O–H groups in total. The van der Waals surface area contributed by atoms with Gasteiger partial charge in [0.2, 0.25) is 5.91 Å². The number of nitrogens with zero attached hydrogens (tertiary/aromatic N) is 1. The van der Waals surface area contributed by atoms with Crippen molar-refractivity contribution in [2.45, 2.75) is 100 Å². The summed E-state index contributed by atoms with van der Waals surface area (Å²) < 4.78 is 70.3. The van der Waals surface area contributed by atoms with Gasteiger partial charge in [-0.1, -0.05) is 81.3 Å². The fraction of sp³-hybridized carbons (Fsp3) is 0.525. The molecule has 8 atom stereocenters. The second kappa shape index (κ2) is 17.8. The molecule has 0 aliphatic carbocycles. The third-order valence-corrected chi connectivity index (χ3v) is 13.6. The van der Waals surface area contributed by atoms with Crippen LogP contribution in [0.1, 0.15) is 74.1 Å². The minimum absolute atomic E-state index is 0.178. The van der Waals surface area contributed by atoms with Gasteiger partial charge in [0.15, 0.2) is 16.1 Å². The number of hydrogen-bond donors (Lipinski definition) is 5. The molecule has 3 aromatic carbocycles. The lowest BCUT2D eigenvalue weighted by atomic mass is 9.69. The highest BCUT2D eigenvalue weighted by Crippen LogP contribution is 2.49. The molecule has 55 heavy (non-hydrogen) atoms. The lowest BCUT2D eigenvalue weighted by Crippen LogP contribution is -2.61. The Morgan fingerprint density at radius 1 is 0.982 bits per heavy atom. The Morgan fingerprint density at radius 3 is 2.35 bits per heavy atom. The Bertz CT molecular complexity index is 1990. The van der Waals surface area contributed by atoms with Gasteiger partial charge in [0.25, 0.3) is 0 Å². The summed E-state index contributed by atoms with van der Waals surface area (Å²) in [5.74, 6) is -2.33. The predicted molar refractivity (Wildman–Crippen MR) is 208 cm³/mol. The van der Waals surface area contributed by atoms with Crippen LogP contribution in [0.15, 0.2) is 77.7 Å². The Labute approximate surface area is 324 Å². The number of aliphatic hydroxyl groups excluding tert-OH is 3. The summed E-state index contributed by atoms with van der Waals surface area (Å²) >= 11 is 0. The molecule has 302 valence electrons. The van der Waals surface area contributed by atoms with Crippen LogP contribution in [0, 0.1) is 11.3 Å². The smallest absolute Gasteiger partial charge is 0.392 e. The molecule has 3 aromatic rings. The molecule has 0 aromatic heterocycles. The summed E-state index contributed by atoms with van der Waals surface area (Å²) in [7, 11) is -4.95. The van der Waals surface area contributed by atoms with E-state index in [0.717, 1.165) is 24.1 Å². The van der Waals surface area contributed by atoms with Crippen molar-refractivity contribution in [2.75, 3.05) is 31.4 Å². The van der Waals surface area contributed by atoms with Gasteiger partial charge in [0, 0.05) is 37.0 Å². The molecule has 0 spiro atoms. The van der Waals surface area contributed by atoms with Gasteiger partial charge in [0.05, 0.1) is 35.9 Å². The van der Waals surface area contributed by atoms with Crippen molar-refractivity contribution in [2.24, 2.45) is 11.3 Å². The fourth-order valence-electron chi connectivity index (χ4n) is 8.08. The van der Waals surface area contributed by atoms with Crippen molar-refractivity contribution in [3.8, 4) is 0 Å². The quantitative estimate of drug-likeness (QED) is 0.140. The maximum absolute atomic E-state index is 14.1. The Hall–Kier alpha value is -3.41. The number of amides is 1. The van der Waals surface area contributed by atoms with Gasteiger partial charge in [-0.25, -0.2) is 12.6 Å². The van der Waals surface area contributed by atoms with Crippen LogP contribution in [0.2, 0.25) is 0 Å². The normalized spacial score (nSPS) is 27.8.